The second-order valence-corrected chi connectivity index (χ2v) is 11.9. The predicted octanol–water partition coefficient (Wildman–Crippen LogP) is 6.49. The van der Waals surface area contributed by atoms with Crippen molar-refractivity contribution in [2.45, 2.75) is 38.1 Å². The minimum atomic E-state index is -2.34. The van der Waals surface area contributed by atoms with Crippen molar-refractivity contribution < 1.29 is 41.3 Å². The third-order valence-electron chi connectivity index (χ3n) is 8.67. The summed E-state index contributed by atoms with van der Waals surface area (Å²) in [4.78, 5) is 17.3. The predicted molar refractivity (Wildman–Crippen MR) is 167 cm³/mol. The summed E-state index contributed by atoms with van der Waals surface area (Å²) in [7, 11) is 0. The van der Waals surface area contributed by atoms with Gasteiger partial charge in [0, 0.05) is 56.9 Å². The number of rotatable bonds is 9. The Bertz CT molecular complexity index is 1690. The van der Waals surface area contributed by atoms with Gasteiger partial charge in [0.05, 0.1) is 18.8 Å². The zero-order valence-electron chi connectivity index (χ0n) is 25.9. The topological polar surface area (TPSA) is 74.3 Å². The number of ether oxygens (including phenoxy) is 2. The average Bonchev–Trinajstić information content (AvgIpc) is 3.11. The molecule has 4 aromatic rings. The minimum Gasteiger partial charge on any atom is -0.392 e. The van der Waals surface area contributed by atoms with Crippen LogP contribution in [-0.2, 0) is 22.6 Å². The van der Waals surface area contributed by atoms with Crippen LogP contribution in [0.15, 0.2) is 78.9 Å². The molecule has 3 atom stereocenters. The van der Waals surface area contributed by atoms with Crippen LogP contribution < -0.4 is 5.32 Å². The van der Waals surface area contributed by atoms with Gasteiger partial charge in [-0.15, -0.1) is 0 Å². The lowest BCUT2D eigenvalue weighted by molar-refractivity contribution is -0.253. The van der Waals surface area contributed by atoms with E-state index in [-0.39, 0.29) is 24.5 Å². The van der Waals surface area contributed by atoms with Crippen LogP contribution >= 0.6 is 0 Å². The minimum absolute atomic E-state index is 0.0598. The molecule has 0 spiro atoms. The molecule has 2 aliphatic heterocycles. The number of carbonyl (C=O) groups excluding carboxylic acids is 1. The second kappa shape index (κ2) is 14.9. The smallest absolute Gasteiger partial charge is 0.261 e. The van der Waals surface area contributed by atoms with Crippen LogP contribution in [0.3, 0.4) is 0 Å². The molecule has 7 nitrogen and oxygen atoms in total. The van der Waals surface area contributed by atoms with E-state index < -0.39 is 46.8 Å². The molecule has 252 valence electrons. The monoisotopic (exact) mass is 667 g/mol. The van der Waals surface area contributed by atoms with Crippen LogP contribution in [-0.4, -0.2) is 59.6 Å². The SMILES string of the molecule is O=C(Nc1ccc([C@H]2O[C@@H](CN3CCN(Cc4ccccc4)CC3)C[C@@H](c3ccc(CO)cc3)O2)cc1)c1c(F)c(F)c(F)c(F)c1F. The van der Waals surface area contributed by atoms with E-state index >= 15 is 0 Å². The highest BCUT2D eigenvalue weighted by molar-refractivity contribution is 6.04. The Balaban J connectivity index is 1.14. The summed E-state index contributed by atoms with van der Waals surface area (Å²) >= 11 is 0. The van der Waals surface area contributed by atoms with E-state index in [0.29, 0.717) is 18.5 Å². The maximum Gasteiger partial charge on any atom is 0.261 e. The fourth-order valence-electron chi connectivity index (χ4n) is 6.01. The van der Waals surface area contributed by atoms with Gasteiger partial charge in [0.2, 0.25) is 5.82 Å². The maximum atomic E-state index is 14.2. The number of aliphatic hydroxyl groups excluding tert-OH is 1. The third kappa shape index (κ3) is 7.58. The lowest BCUT2D eigenvalue weighted by Gasteiger charge is -2.40. The molecule has 0 radical (unpaired) electrons. The van der Waals surface area contributed by atoms with Crippen LogP contribution in [0.2, 0.25) is 0 Å². The molecule has 0 aromatic heterocycles. The van der Waals surface area contributed by atoms with Gasteiger partial charge in [-0.05, 0) is 28.8 Å². The average molecular weight is 668 g/mol. The number of piperazine rings is 1. The van der Waals surface area contributed by atoms with Gasteiger partial charge in [-0.2, -0.15) is 0 Å². The molecule has 6 rings (SSSR count). The van der Waals surface area contributed by atoms with Gasteiger partial charge in [0.15, 0.2) is 29.6 Å². The maximum absolute atomic E-state index is 14.2. The summed E-state index contributed by atoms with van der Waals surface area (Å²) in [5.74, 6) is -12.7. The summed E-state index contributed by atoms with van der Waals surface area (Å²) in [5.41, 5.74) is 2.05. The molecule has 0 bridgehead atoms. The van der Waals surface area contributed by atoms with Gasteiger partial charge in [-0.3, -0.25) is 14.6 Å². The second-order valence-electron chi connectivity index (χ2n) is 11.9. The molecule has 48 heavy (non-hydrogen) atoms. The van der Waals surface area contributed by atoms with E-state index in [4.69, 9.17) is 9.47 Å². The van der Waals surface area contributed by atoms with Crippen LogP contribution in [0.25, 0.3) is 0 Å². The Labute approximate surface area is 274 Å². The molecular weight excluding hydrogens is 633 g/mol. The van der Waals surface area contributed by atoms with Crippen molar-refractivity contribution in [1.82, 2.24) is 9.80 Å². The molecule has 2 N–H and O–H groups in total. The standard InChI is InChI=1S/C36H34F5N3O4/c37-30-29(31(38)33(40)34(41)32(30)39)35(46)42-26-12-10-25(11-13-26)36-47-27(18-28(48-36)24-8-6-23(21-45)7-9-24)20-44-16-14-43(15-17-44)19-22-4-2-1-3-5-22/h1-13,27-28,36,45H,14-21H2,(H,42,46)/t27-,28+,36+/m1/s1. The van der Waals surface area contributed by atoms with Crippen molar-refractivity contribution in [2.75, 3.05) is 38.0 Å². The van der Waals surface area contributed by atoms with Crippen molar-refractivity contribution in [3.8, 4) is 0 Å². The number of nitrogens with zero attached hydrogens (tertiary/aromatic N) is 2. The number of nitrogens with one attached hydrogen (secondary N) is 1. The summed E-state index contributed by atoms with van der Waals surface area (Å²) in [6, 6.07) is 23.9. The summed E-state index contributed by atoms with van der Waals surface area (Å²) in [5, 5.41) is 11.7. The molecule has 0 aliphatic carbocycles. The summed E-state index contributed by atoms with van der Waals surface area (Å²) < 4.78 is 81.9. The van der Waals surface area contributed by atoms with E-state index in [2.05, 4.69) is 27.2 Å². The Kier molecular flexibility index (Phi) is 10.5. The fourth-order valence-corrected chi connectivity index (χ4v) is 6.01. The zero-order valence-corrected chi connectivity index (χ0v) is 25.9. The van der Waals surface area contributed by atoms with E-state index in [1.54, 1.807) is 12.1 Å². The Morgan fingerprint density at radius 2 is 1.29 bits per heavy atom. The lowest BCUT2D eigenvalue weighted by atomic mass is 9.99. The van der Waals surface area contributed by atoms with Crippen molar-refractivity contribution >= 4 is 11.6 Å². The Morgan fingerprint density at radius 1 is 0.708 bits per heavy atom. The number of carbonyl (C=O) groups is 1. The number of aliphatic hydroxyl groups is 1. The van der Waals surface area contributed by atoms with Crippen molar-refractivity contribution in [1.29, 1.82) is 0 Å². The highest BCUT2D eigenvalue weighted by Gasteiger charge is 2.34. The van der Waals surface area contributed by atoms with E-state index in [9.17, 15) is 31.9 Å². The van der Waals surface area contributed by atoms with Crippen LogP contribution in [0.4, 0.5) is 27.6 Å². The van der Waals surface area contributed by atoms with Crippen molar-refractivity contribution in [3.05, 3.63) is 136 Å². The van der Waals surface area contributed by atoms with Crippen LogP contribution in [0, 0.1) is 29.1 Å². The first-order chi connectivity index (χ1) is 23.2. The van der Waals surface area contributed by atoms with Crippen molar-refractivity contribution in [3.63, 3.8) is 0 Å². The molecular formula is C36H34F5N3O4. The van der Waals surface area contributed by atoms with E-state index in [1.807, 2.05) is 42.5 Å². The molecule has 1 amide bonds. The number of benzene rings is 4. The van der Waals surface area contributed by atoms with Gasteiger partial charge >= 0.3 is 0 Å². The van der Waals surface area contributed by atoms with Crippen LogP contribution in [0.1, 0.15) is 51.4 Å². The van der Waals surface area contributed by atoms with Gasteiger partial charge in [-0.1, -0.05) is 66.7 Å². The van der Waals surface area contributed by atoms with Gasteiger partial charge < -0.3 is 19.9 Å². The number of halogens is 5. The molecule has 0 unspecified atom stereocenters. The number of hydrogen-bond donors (Lipinski definition) is 2. The van der Waals surface area contributed by atoms with E-state index in [0.717, 1.165) is 43.9 Å². The molecule has 2 fully saturated rings. The number of hydrogen-bond acceptors (Lipinski definition) is 6. The zero-order chi connectivity index (χ0) is 33.8. The molecule has 12 heteroatoms. The molecule has 2 aliphatic rings. The Morgan fingerprint density at radius 3 is 1.92 bits per heavy atom. The summed E-state index contributed by atoms with van der Waals surface area (Å²) in [6.45, 7) is 5.10. The number of anilines is 1. The largest absolute Gasteiger partial charge is 0.392 e. The summed E-state index contributed by atoms with van der Waals surface area (Å²) in [6.07, 6.45) is -0.726. The molecule has 2 heterocycles. The lowest BCUT2D eigenvalue weighted by Crippen LogP contribution is -2.49. The van der Waals surface area contributed by atoms with Crippen LogP contribution in [0.5, 0.6) is 0 Å². The van der Waals surface area contributed by atoms with Gasteiger partial charge in [-0.25, -0.2) is 22.0 Å². The molecule has 4 aromatic carbocycles. The first kappa shape index (κ1) is 33.7. The first-order valence-electron chi connectivity index (χ1n) is 15.6. The highest BCUT2D eigenvalue weighted by Crippen LogP contribution is 2.38. The third-order valence-corrected chi connectivity index (χ3v) is 8.67. The molecule has 0 saturated carbocycles. The normalized spacial score (nSPS) is 20.5. The van der Waals surface area contributed by atoms with Crippen molar-refractivity contribution in [2.24, 2.45) is 0 Å². The first-order valence-corrected chi connectivity index (χ1v) is 15.6. The Hall–Kier alpha value is -4.20. The quantitative estimate of drug-likeness (QED) is 0.121. The highest BCUT2D eigenvalue weighted by atomic mass is 19.2. The molecule has 2 saturated heterocycles. The fraction of sp³-hybridized carbons (Fsp3) is 0.306. The van der Waals surface area contributed by atoms with Gasteiger partial charge in [0.25, 0.3) is 5.91 Å². The van der Waals surface area contributed by atoms with E-state index in [1.165, 1.54) is 17.7 Å². The van der Waals surface area contributed by atoms with Gasteiger partial charge in [0.1, 0.15) is 5.56 Å². The number of amides is 1.